The van der Waals surface area contributed by atoms with Crippen LogP contribution >= 0.6 is 0 Å². The molecule has 1 saturated heterocycles. The lowest BCUT2D eigenvalue weighted by atomic mass is 9.93. The molecule has 0 bridgehead atoms. The number of amides is 1. The minimum atomic E-state index is -1.08. The van der Waals surface area contributed by atoms with E-state index in [0.29, 0.717) is 30.9 Å². The molecular formula is C18H23NO6. The van der Waals surface area contributed by atoms with Gasteiger partial charge < -0.3 is 19.9 Å². The standard InChI is InChI=1S/C18H23NO6/c1-24-14-6-4-12(5-7-14)15(20)8-9-16(21)19-17(18(22)23)13-3-2-10-25-11-13/h4-7,13,17H,2-3,8-11H2,1H3,(H,19,21)(H,22,23). The second kappa shape index (κ2) is 9.17. The molecule has 1 fully saturated rings. The number of hydrogen-bond donors (Lipinski definition) is 2. The summed E-state index contributed by atoms with van der Waals surface area (Å²) < 4.78 is 10.3. The third kappa shape index (κ3) is 5.56. The van der Waals surface area contributed by atoms with Crippen LogP contribution in [0.4, 0.5) is 0 Å². The van der Waals surface area contributed by atoms with E-state index in [2.05, 4.69) is 5.32 Å². The van der Waals surface area contributed by atoms with Crippen molar-refractivity contribution < 1.29 is 29.0 Å². The number of benzene rings is 1. The number of ketones is 1. The Morgan fingerprint density at radius 1 is 1.28 bits per heavy atom. The van der Waals surface area contributed by atoms with Gasteiger partial charge in [-0.25, -0.2) is 4.79 Å². The number of carboxylic acid groups (broad SMARTS) is 1. The van der Waals surface area contributed by atoms with Gasteiger partial charge in [-0.1, -0.05) is 0 Å². The van der Waals surface area contributed by atoms with Crippen LogP contribution in [-0.2, 0) is 14.3 Å². The summed E-state index contributed by atoms with van der Waals surface area (Å²) in [5, 5.41) is 11.9. The van der Waals surface area contributed by atoms with Crippen molar-refractivity contribution >= 4 is 17.7 Å². The number of rotatable bonds is 8. The summed E-state index contributed by atoms with van der Waals surface area (Å²) >= 11 is 0. The lowest BCUT2D eigenvalue weighted by Crippen LogP contribution is -2.48. The molecule has 0 aliphatic carbocycles. The third-order valence-electron chi connectivity index (χ3n) is 4.24. The van der Waals surface area contributed by atoms with Gasteiger partial charge >= 0.3 is 5.97 Å². The highest BCUT2D eigenvalue weighted by Gasteiger charge is 2.31. The van der Waals surface area contributed by atoms with Crippen molar-refractivity contribution in [1.29, 1.82) is 0 Å². The summed E-state index contributed by atoms with van der Waals surface area (Å²) in [5.74, 6) is -1.29. The molecule has 1 aromatic carbocycles. The monoisotopic (exact) mass is 349 g/mol. The molecule has 136 valence electrons. The van der Waals surface area contributed by atoms with Gasteiger partial charge in [0.15, 0.2) is 5.78 Å². The first-order chi connectivity index (χ1) is 12.0. The first-order valence-electron chi connectivity index (χ1n) is 8.28. The Kier molecular flexibility index (Phi) is 6.94. The predicted octanol–water partition coefficient (Wildman–Crippen LogP) is 1.65. The second-order valence-corrected chi connectivity index (χ2v) is 6.01. The van der Waals surface area contributed by atoms with Gasteiger partial charge in [0.1, 0.15) is 11.8 Å². The van der Waals surface area contributed by atoms with E-state index >= 15 is 0 Å². The third-order valence-corrected chi connectivity index (χ3v) is 4.24. The van der Waals surface area contributed by atoms with Gasteiger partial charge in [0.05, 0.1) is 13.7 Å². The minimum absolute atomic E-state index is 0.0195. The van der Waals surface area contributed by atoms with Crippen molar-refractivity contribution in [1.82, 2.24) is 5.32 Å². The maximum atomic E-state index is 12.1. The fraction of sp³-hybridized carbons (Fsp3) is 0.500. The van der Waals surface area contributed by atoms with Crippen LogP contribution in [0, 0.1) is 5.92 Å². The highest BCUT2D eigenvalue weighted by Crippen LogP contribution is 2.18. The molecule has 7 nitrogen and oxygen atoms in total. The number of carbonyl (C=O) groups is 3. The Morgan fingerprint density at radius 2 is 2.00 bits per heavy atom. The molecule has 2 rings (SSSR count). The van der Waals surface area contributed by atoms with Gasteiger partial charge in [0.2, 0.25) is 5.91 Å². The van der Waals surface area contributed by atoms with E-state index in [1.54, 1.807) is 24.3 Å². The molecule has 0 radical (unpaired) electrons. The van der Waals surface area contributed by atoms with Crippen LogP contribution in [0.3, 0.4) is 0 Å². The fourth-order valence-electron chi connectivity index (χ4n) is 2.80. The van der Waals surface area contributed by atoms with Crippen LogP contribution in [0.5, 0.6) is 5.75 Å². The molecule has 2 unspecified atom stereocenters. The summed E-state index contributed by atoms with van der Waals surface area (Å²) in [6, 6.07) is 5.65. The molecule has 1 amide bonds. The molecule has 0 spiro atoms. The molecule has 25 heavy (non-hydrogen) atoms. The average Bonchev–Trinajstić information content (AvgIpc) is 2.64. The van der Waals surface area contributed by atoms with Crippen LogP contribution in [0.2, 0.25) is 0 Å². The van der Waals surface area contributed by atoms with Crippen molar-refractivity contribution in [3.05, 3.63) is 29.8 Å². The van der Waals surface area contributed by atoms with Gasteiger partial charge in [0.25, 0.3) is 0 Å². The van der Waals surface area contributed by atoms with Crippen molar-refractivity contribution in [3.63, 3.8) is 0 Å². The number of methoxy groups -OCH3 is 1. The molecule has 1 aromatic rings. The van der Waals surface area contributed by atoms with E-state index in [4.69, 9.17) is 9.47 Å². The van der Waals surface area contributed by atoms with E-state index in [0.717, 1.165) is 6.42 Å². The average molecular weight is 349 g/mol. The van der Waals surface area contributed by atoms with Gasteiger partial charge in [-0.3, -0.25) is 9.59 Å². The Bertz CT molecular complexity index is 606. The zero-order valence-electron chi connectivity index (χ0n) is 14.2. The molecule has 1 heterocycles. The van der Waals surface area contributed by atoms with E-state index in [1.807, 2.05) is 0 Å². The molecular weight excluding hydrogens is 326 g/mol. The van der Waals surface area contributed by atoms with Crippen molar-refractivity contribution in [2.75, 3.05) is 20.3 Å². The van der Waals surface area contributed by atoms with Gasteiger partial charge in [-0.15, -0.1) is 0 Å². The Labute approximate surface area is 146 Å². The van der Waals surface area contributed by atoms with Crippen LogP contribution in [0.25, 0.3) is 0 Å². The quantitative estimate of drug-likeness (QED) is 0.692. The number of carboxylic acids is 1. The molecule has 2 N–H and O–H groups in total. The van der Waals surface area contributed by atoms with E-state index in [1.165, 1.54) is 7.11 Å². The molecule has 1 aliphatic rings. The largest absolute Gasteiger partial charge is 0.497 e. The smallest absolute Gasteiger partial charge is 0.326 e. The van der Waals surface area contributed by atoms with Crippen LogP contribution in [0.1, 0.15) is 36.0 Å². The first-order valence-corrected chi connectivity index (χ1v) is 8.28. The van der Waals surface area contributed by atoms with E-state index in [-0.39, 0.29) is 24.5 Å². The number of carbonyl (C=O) groups excluding carboxylic acids is 2. The molecule has 1 aliphatic heterocycles. The Hall–Kier alpha value is -2.41. The highest BCUT2D eigenvalue weighted by atomic mass is 16.5. The SMILES string of the molecule is COc1ccc(C(=O)CCC(=O)NC(C(=O)O)C2CCCOC2)cc1. The fourth-order valence-corrected chi connectivity index (χ4v) is 2.80. The van der Waals surface area contributed by atoms with Gasteiger partial charge in [-0.2, -0.15) is 0 Å². The number of hydrogen-bond acceptors (Lipinski definition) is 5. The van der Waals surface area contributed by atoms with E-state index in [9.17, 15) is 19.5 Å². The van der Waals surface area contributed by atoms with Gasteiger partial charge in [0, 0.05) is 30.9 Å². The number of ether oxygens (including phenoxy) is 2. The summed E-state index contributed by atoms with van der Waals surface area (Å²) in [7, 11) is 1.54. The zero-order valence-corrected chi connectivity index (χ0v) is 14.2. The number of aliphatic carboxylic acids is 1. The summed E-state index contributed by atoms with van der Waals surface area (Å²) in [4.78, 5) is 35.6. The van der Waals surface area contributed by atoms with Crippen LogP contribution in [-0.4, -0.2) is 49.1 Å². The van der Waals surface area contributed by atoms with Crippen molar-refractivity contribution in [2.24, 2.45) is 5.92 Å². The van der Waals surface area contributed by atoms with Crippen molar-refractivity contribution in [2.45, 2.75) is 31.7 Å². The van der Waals surface area contributed by atoms with Crippen LogP contribution < -0.4 is 10.1 Å². The van der Waals surface area contributed by atoms with Gasteiger partial charge in [-0.05, 0) is 37.1 Å². The second-order valence-electron chi connectivity index (χ2n) is 6.01. The normalized spacial score (nSPS) is 18.2. The number of nitrogens with one attached hydrogen (secondary N) is 1. The lowest BCUT2D eigenvalue weighted by molar-refractivity contribution is -0.145. The maximum Gasteiger partial charge on any atom is 0.326 e. The Morgan fingerprint density at radius 3 is 2.56 bits per heavy atom. The number of Topliss-reactive ketones (excluding diaryl/α,β-unsaturated/α-hetero) is 1. The molecule has 0 aromatic heterocycles. The maximum absolute atomic E-state index is 12.1. The zero-order chi connectivity index (χ0) is 18.2. The van der Waals surface area contributed by atoms with Crippen molar-refractivity contribution in [3.8, 4) is 5.75 Å². The highest BCUT2D eigenvalue weighted by molar-refractivity contribution is 5.98. The molecule has 7 heteroatoms. The predicted molar refractivity (Wildman–Crippen MR) is 89.7 cm³/mol. The van der Waals surface area contributed by atoms with E-state index < -0.39 is 17.9 Å². The topological polar surface area (TPSA) is 102 Å². The molecule has 0 saturated carbocycles. The summed E-state index contributed by atoms with van der Waals surface area (Å²) in [6.07, 6.45) is 1.44. The first kappa shape index (κ1) is 18.9. The minimum Gasteiger partial charge on any atom is -0.497 e. The Balaban J connectivity index is 1.85. The lowest BCUT2D eigenvalue weighted by Gasteiger charge is -2.28. The molecule has 2 atom stereocenters. The summed E-state index contributed by atoms with van der Waals surface area (Å²) in [5.41, 5.74) is 0.490. The van der Waals surface area contributed by atoms with Crippen LogP contribution in [0.15, 0.2) is 24.3 Å². The summed E-state index contributed by atoms with van der Waals surface area (Å²) in [6.45, 7) is 0.940.